The first-order valence-corrected chi connectivity index (χ1v) is 8.93. The fraction of sp³-hybridized carbons (Fsp3) is 0.786. The van der Waals surface area contributed by atoms with E-state index in [9.17, 15) is 0 Å². The van der Waals surface area contributed by atoms with Gasteiger partial charge in [-0.25, -0.2) is 4.98 Å². The van der Waals surface area contributed by atoms with E-state index >= 15 is 0 Å². The van der Waals surface area contributed by atoms with Gasteiger partial charge in [-0.2, -0.15) is 11.8 Å². The quantitative estimate of drug-likeness (QED) is 0.901. The van der Waals surface area contributed by atoms with Crippen LogP contribution in [0.2, 0.25) is 0 Å². The minimum atomic E-state index is 0.394. The van der Waals surface area contributed by atoms with Crippen molar-refractivity contribution in [3.8, 4) is 0 Å². The third-order valence-electron chi connectivity index (χ3n) is 3.84. The molecule has 1 heterocycles. The predicted molar refractivity (Wildman–Crippen MR) is 82.7 cm³/mol. The van der Waals surface area contributed by atoms with Crippen molar-refractivity contribution >= 4 is 23.1 Å². The number of hydrogen-bond donors (Lipinski definition) is 1. The van der Waals surface area contributed by atoms with Crippen LogP contribution in [0.15, 0.2) is 0 Å². The van der Waals surface area contributed by atoms with Gasteiger partial charge in [-0.15, -0.1) is 11.3 Å². The highest BCUT2D eigenvalue weighted by atomic mass is 32.2. The van der Waals surface area contributed by atoms with Gasteiger partial charge in [0.25, 0.3) is 0 Å². The second-order valence-electron chi connectivity index (χ2n) is 5.27. The number of nitrogens with zero attached hydrogens (tertiary/aromatic N) is 1. The highest BCUT2D eigenvalue weighted by Crippen LogP contribution is 2.29. The molecule has 1 saturated carbocycles. The van der Waals surface area contributed by atoms with Crippen molar-refractivity contribution < 1.29 is 0 Å². The first kappa shape index (κ1) is 14.4. The van der Waals surface area contributed by atoms with Crippen LogP contribution in [0.4, 0.5) is 0 Å². The van der Waals surface area contributed by atoms with Gasteiger partial charge in [0.05, 0.1) is 10.7 Å². The van der Waals surface area contributed by atoms with E-state index in [0.717, 1.165) is 5.25 Å². The lowest BCUT2D eigenvalue weighted by Crippen LogP contribution is -2.35. The molecule has 1 aliphatic rings. The van der Waals surface area contributed by atoms with Crippen LogP contribution in [-0.4, -0.2) is 22.5 Å². The van der Waals surface area contributed by atoms with Crippen LogP contribution in [0.3, 0.4) is 0 Å². The summed E-state index contributed by atoms with van der Waals surface area (Å²) in [5.41, 5.74) is 1.25. The molecule has 1 aliphatic carbocycles. The first-order chi connectivity index (χ1) is 8.60. The molecule has 0 radical (unpaired) electrons. The van der Waals surface area contributed by atoms with Crippen molar-refractivity contribution in [1.82, 2.24) is 10.3 Å². The first-order valence-electron chi connectivity index (χ1n) is 6.83. The van der Waals surface area contributed by atoms with Gasteiger partial charge >= 0.3 is 0 Å². The molecule has 0 aromatic carbocycles. The molecular weight excluding hydrogens is 260 g/mol. The number of rotatable bonds is 4. The van der Waals surface area contributed by atoms with Crippen LogP contribution in [0.5, 0.6) is 0 Å². The average Bonchev–Trinajstić information content (AvgIpc) is 2.69. The molecule has 0 saturated heterocycles. The largest absolute Gasteiger partial charge is 0.306 e. The van der Waals surface area contributed by atoms with Crippen LogP contribution in [0, 0.1) is 13.8 Å². The number of hydrogen-bond acceptors (Lipinski definition) is 4. The Morgan fingerprint density at radius 2 is 1.94 bits per heavy atom. The molecular formula is C14H24N2S2. The minimum Gasteiger partial charge on any atom is -0.306 e. The zero-order valence-electron chi connectivity index (χ0n) is 11.8. The molecule has 0 spiro atoms. The summed E-state index contributed by atoms with van der Waals surface area (Å²) in [6.45, 7) is 6.53. The van der Waals surface area contributed by atoms with Crippen LogP contribution >= 0.6 is 23.1 Å². The number of thiazole rings is 1. The number of thioether (sulfide) groups is 1. The maximum atomic E-state index is 4.66. The molecule has 18 heavy (non-hydrogen) atoms. The molecule has 0 bridgehead atoms. The molecule has 2 nitrogen and oxygen atoms in total. The second-order valence-corrected chi connectivity index (χ2v) is 7.82. The molecule has 1 fully saturated rings. The van der Waals surface area contributed by atoms with Gasteiger partial charge in [-0.3, -0.25) is 0 Å². The van der Waals surface area contributed by atoms with Crippen LogP contribution < -0.4 is 5.32 Å². The summed E-state index contributed by atoms with van der Waals surface area (Å²) in [4.78, 5) is 6.02. The highest BCUT2D eigenvalue weighted by Gasteiger charge is 2.23. The van der Waals surface area contributed by atoms with E-state index in [1.807, 2.05) is 23.1 Å². The van der Waals surface area contributed by atoms with Crippen LogP contribution in [0.1, 0.15) is 54.2 Å². The van der Waals surface area contributed by atoms with E-state index in [2.05, 4.69) is 37.3 Å². The smallest absolute Gasteiger partial charge is 0.0900 e. The normalized spacial score (nSPS) is 26.2. The maximum Gasteiger partial charge on any atom is 0.0900 e. The molecule has 0 aliphatic heterocycles. The molecule has 1 aromatic heterocycles. The zero-order chi connectivity index (χ0) is 13.1. The predicted octanol–water partition coefficient (Wildman–Crippen LogP) is 4.08. The average molecular weight is 284 g/mol. The van der Waals surface area contributed by atoms with E-state index in [-0.39, 0.29) is 0 Å². The number of nitrogens with one attached hydrogen (secondary N) is 1. The molecule has 1 unspecified atom stereocenters. The Hall–Kier alpha value is -0.0600. The SMILES string of the molecule is CSC1CCC(NC(C)c2nc(C)sc2C)CC1. The van der Waals surface area contributed by atoms with Gasteiger partial charge in [0.1, 0.15) is 0 Å². The molecule has 2 rings (SSSR count). The topological polar surface area (TPSA) is 24.9 Å². The summed E-state index contributed by atoms with van der Waals surface area (Å²) in [5.74, 6) is 0. The fourth-order valence-electron chi connectivity index (χ4n) is 2.84. The molecule has 1 N–H and O–H groups in total. The Morgan fingerprint density at radius 3 is 2.44 bits per heavy atom. The molecule has 102 valence electrons. The Balaban J connectivity index is 1.88. The lowest BCUT2D eigenvalue weighted by molar-refractivity contribution is 0.349. The third-order valence-corrected chi connectivity index (χ3v) is 5.88. The van der Waals surface area contributed by atoms with Crippen molar-refractivity contribution in [3.63, 3.8) is 0 Å². The Kier molecular flexibility index (Phi) is 5.10. The highest BCUT2D eigenvalue weighted by molar-refractivity contribution is 7.99. The third kappa shape index (κ3) is 3.49. The molecule has 1 aromatic rings. The Bertz CT molecular complexity index is 381. The summed E-state index contributed by atoms with van der Waals surface area (Å²) in [5, 5.41) is 5.84. The zero-order valence-corrected chi connectivity index (χ0v) is 13.5. The fourth-order valence-corrected chi connectivity index (χ4v) is 4.50. The molecule has 0 amide bonds. The van der Waals surface area contributed by atoms with E-state index < -0.39 is 0 Å². The standard InChI is InChI=1S/C14H24N2S2/c1-9(14-10(2)18-11(3)16-14)15-12-5-7-13(17-4)8-6-12/h9,12-13,15H,5-8H2,1-4H3. The van der Waals surface area contributed by atoms with E-state index in [1.165, 1.54) is 41.3 Å². The van der Waals surface area contributed by atoms with Crippen molar-refractivity contribution in [2.45, 2.75) is 63.8 Å². The van der Waals surface area contributed by atoms with E-state index in [0.29, 0.717) is 12.1 Å². The Labute approximate surface area is 119 Å². The summed E-state index contributed by atoms with van der Waals surface area (Å²) in [6.07, 6.45) is 7.60. The Morgan fingerprint density at radius 1 is 1.28 bits per heavy atom. The van der Waals surface area contributed by atoms with Crippen molar-refractivity contribution in [3.05, 3.63) is 15.6 Å². The molecule has 1 atom stereocenters. The summed E-state index contributed by atoms with van der Waals surface area (Å²) < 4.78 is 0. The van der Waals surface area contributed by atoms with E-state index in [1.54, 1.807) is 0 Å². The number of aromatic nitrogens is 1. The van der Waals surface area contributed by atoms with Gasteiger partial charge < -0.3 is 5.32 Å². The maximum absolute atomic E-state index is 4.66. The second kappa shape index (κ2) is 6.40. The van der Waals surface area contributed by atoms with Crippen molar-refractivity contribution in [2.75, 3.05) is 6.26 Å². The van der Waals surface area contributed by atoms with Gasteiger partial charge in [0.2, 0.25) is 0 Å². The van der Waals surface area contributed by atoms with Crippen molar-refractivity contribution in [2.24, 2.45) is 0 Å². The minimum absolute atomic E-state index is 0.394. The summed E-state index contributed by atoms with van der Waals surface area (Å²) >= 11 is 3.84. The van der Waals surface area contributed by atoms with Gasteiger partial charge in [-0.05, 0) is 52.7 Å². The van der Waals surface area contributed by atoms with Gasteiger partial charge in [0, 0.05) is 22.2 Å². The summed E-state index contributed by atoms with van der Waals surface area (Å²) in [6, 6.07) is 1.08. The summed E-state index contributed by atoms with van der Waals surface area (Å²) in [7, 11) is 0. The van der Waals surface area contributed by atoms with Crippen molar-refractivity contribution in [1.29, 1.82) is 0 Å². The lowest BCUT2D eigenvalue weighted by Gasteiger charge is -2.30. The monoisotopic (exact) mass is 284 g/mol. The van der Waals surface area contributed by atoms with Crippen LogP contribution in [0.25, 0.3) is 0 Å². The lowest BCUT2D eigenvalue weighted by atomic mass is 9.94. The van der Waals surface area contributed by atoms with E-state index in [4.69, 9.17) is 0 Å². The van der Waals surface area contributed by atoms with Gasteiger partial charge in [-0.1, -0.05) is 0 Å². The van der Waals surface area contributed by atoms with Crippen LogP contribution in [-0.2, 0) is 0 Å². The number of aryl methyl sites for hydroxylation is 2. The van der Waals surface area contributed by atoms with Gasteiger partial charge in [0.15, 0.2) is 0 Å². The molecule has 4 heteroatoms.